The van der Waals surface area contributed by atoms with Gasteiger partial charge in [-0.3, -0.25) is 4.79 Å². The smallest absolute Gasteiger partial charge is 0.250 e. The zero-order valence-electron chi connectivity index (χ0n) is 12.7. The van der Waals surface area contributed by atoms with Crippen molar-refractivity contribution in [3.05, 3.63) is 52.4 Å². The molecule has 2 aliphatic heterocycles. The van der Waals surface area contributed by atoms with Gasteiger partial charge in [0.25, 0.3) is 5.56 Å². The molecule has 114 valence electrons. The van der Waals surface area contributed by atoms with Gasteiger partial charge in [-0.1, -0.05) is 12.1 Å². The number of ether oxygens (including phenoxy) is 1. The molecule has 1 saturated heterocycles. The molecule has 2 aromatic rings. The quantitative estimate of drug-likeness (QED) is 0.924. The minimum absolute atomic E-state index is 0.129. The summed E-state index contributed by atoms with van der Waals surface area (Å²) < 4.78 is 7.24. The van der Waals surface area contributed by atoms with Crippen LogP contribution in [0, 0.1) is 5.92 Å². The highest BCUT2D eigenvalue weighted by Crippen LogP contribution is 2.37. The summed E-state index contributed by atoms with van der Waals surface area (Å²) in [7, 11) is 1.67. The van der Waals surface area contributed by atoms with Crippen molar-refractivity contribution in [1.29, 1.82) is 0 Å². The monoisotopic (exact) mass is 296 g/mol. The summed E-state index contributed by atoms with van der Waals surface area (Å²) in [5.74, 6) is 1.86. The number of nitrogens with one attached hydrogen (secondary N) is 1. The number of aromatic nitrogens is 1. The fourth-order valence-electron chi connectivity index (χ4n) is 3.87. The Morgan fingerprint density at radius 1 is 1.14 bits per heavy atom. The maximum absolute atomic E-state index is 12.3. The molecule has 4 heteroatoms. The number of piperidine rings is 1. The predicted molar refractivity (Wildman–Crippen MR) is 86.4 cm³/mol. The van der Waals surface area contributed by atoms with Crippen LogP contribution in [0.5, 0.6) is 5.75 Å². The largest absolute Gasteiger partial charge is 0.497 e. The van der Waals surface area contributed by atoms with Gasteiger partial charge in [0.05, 0.1) is 7.11 Å². The van der Waals surface area contributed by atoms with E-state index in [1.165, 1.54) is 17.7 Å². The molecule has 0 saturated carbocycles. The molecule has 1 fully saturated rings. The van der Waals surface area contributed by atoms with Gasteiger partial charge in [-0.05, 0) is 42.6 Å². The summed E-state index contributed by atoms with van der Waals surface area (Å²) in [4.78, 5) is 12.3. The number of fused-ring (bicyclic) bond motifs is 4. The van der Waals surface area contributed by atoms with Crippen molar-refractivity contribution in [2.45, 2.75) is 18.9 Å². The normalized spacial score (nSPS) is 23.0. The second-order valence-corrected chi connectivity index (χ2v) is 6.27. The Morgan fingerprint density at radius 2 is 1.95 bits per heavy atom. The third-order valence-electron chi connectivity index (χ3n) is 4.90. The van der Waals surface area contributed by atoms with Crippen LogP contribution in [0.15, 0.2) is 41.2 Å². The first kappa shape index (κ1) is 13.6. The number of pyridine rings is 1. The predicted octanol–water partition coefficient (Wildman–Crippen LogP) is 2.23. The van der Waals surface area contributed by atoms with Gasteiger partial charge in [-0.15, -0.1) is 0 Å². The lowest BCUT2D eigenvalue weighted by Crippen LogP contribution is -2.45. The molecule has 3 heterocycles. The molecule has 1 N–H and O–H groups in total. The van der Waals surface area contributed by atoms with Gasteiger partial charge in [0.15, 0.2) is 0 Å². The Morgan fingerprint density at radius 3 is 2.73 bits per heavy atom. The first-order valence-corrected chi connectivity index (χ1v) is 7.85. The fraction of sp³-hybridized carbons (Fsp3) is 0.389. The highest BCUT2D eigenvalue weighted by molar-refractivity contribution is 5.67. The van der Waals surface area contributed by atoms with E-state index in [1.54, 1.807) is 13.2 Å². The number of methoxy groups -OCH3 is 1. The first-order valence-electron chi connectivity index (χ1n) is 7.85. The summed E-state index contributed by atoms with van der Waals surface area (Å²) in [5, 5.41) is 3.51. The average molecular weight is 296 g/mol. The van der Waals surface area contributed by atoms with Crippen molar-refractivity contribution in [2.24, 2.45) is 5.92 Å². The van der Waals surface area contributed by atoms with E-state index in [0.717, 1.165) is 30.9 Å². The van der Waals surface area contributed by atoms with Crippen molar-refractivity contribution in [3.63, 3.8) is 0 Å². The molecule has 4 nitrogen and oxygen atoms in total. The van der Waals surface area contributed by atoms with Crippen LogP contribution in [0.25, 0.3) is 11.1 Å². The number of rotatable bonds is 2. The van der Waals surface area contributed by atoms with Crippen molar-refractivity contribution in [1.82, 2.24) is 9.88 Å². The van der Waals surface area contributed by atoms with Crippen LogP contribution in [-0.2, 0) is 6.54 Å². The minimum Gasteiger partial charge on any atom is -0.497 e. The summed E-state index contributed by atoms with van der Waals surface area (Å²) >= 11 is 0. The van der Waals surface area contributed by atoms with Crippen molar-refractivity contribution < 1.29 is 4.74 Å². The van der Waals surface area contributed by atoms with Gasteiger partial charge in [-0.25, -0.2) is 0 Å². The van der Waals surface area contributed by atoms with Crippen molar-refractivity contribution >= 4 is 0 Å². The van der Waals surface area contributed by atoms with E-state index >= 15 is 0 Å². The molecule has 2 aliphatic rings. The molecule has 1 aromatic carbocycles. The van der Waals surface area contributed by atoms with E-state index < -0.39 is 0 Å². The Bertz CT molecular complexity index is 749. The molecular weight excluding hydrogens is 276 g/mol. The van der Waals surface area contributed by atoms with E-state index in [2.05, 4.69) is 17.4 Å². The average Bonchev–Trinajstić information content (AvgIpc) is 2.56. The Labute approximate surface area is 129 Å². The van der Waals surface area contributed by atoms with Gasteiger partial charge in [0.2, 0.25) is 0 Å². The molecule has 1 aromatic heterocycles. The molecule has 0 radical (unpaired) electrons. The molecule has 0 unspecified atom stereocenters. The van der Waals surface area contributed by atoms with Crippen LogP contribution in [0.1, 0.15) is 18.0 Å². The van der Waals surface area contributed by atoms with Crippen LogP contribution in [0.3, 0.4) is 0 Å². The van der Waals surface area contributed by atoms with Gasteiger partial charge < -0.3 is 14.6 Å². The van der Waals surface area contributed by atoms with Gasteiger partial charge in [0, 0.05) is 36.3 Å². The Hall–Kier alpha value is -2.07. The van der Waals surface area contributed by atoms with E-state index in [4.69, 9.17) is 4.74 Å². The summed E-state index contributed by atoms with van der Waals surface area (Å²) in [6.07, 6.45) is 1.18. The highest BCUT2D eigenvalue weighted by atomic mass is 16.5. The third kappa shape index (κ3) is 2.15. The molecule has 0 aliphatic carbocycles. The number of benzene rings is 1. The Kier molecular flexibility index (Phi) is 3.26. The summed E-state index contributed by atoms with van der Waals surface area (Å²) in [6, 6.07) is 11.8. The van der Waals surface area contributed by atoms with Gasteiger partial charge in [0.1, 0.15) is 5.75 Å². The standard InChI is InChI=1S/C18H20N2O2/c1-22-15-4-2-13(3-5-15)16-6-7-17(21)20-11-12-8-14(18(16)20)10-19-9-12/h2-7,12,14,19H,8-11H2,1H3/t12-,14+/m0/s1. The topological polar surface area (TPSA) is 43.3 Å². The lowest BCUT2D eigenvalue weighted by Gasteiger charge is -2.38. The maximum atomic E-state index is 12.3. The molecule has 22 heavy (non-hydrogen) atoms. The molecule has 4 rings (SSSR count). The second-order valence-electron chi connectivity index (χ2n) is 6.27. The van der Waals surface area contributed by atoms with Crippen LogP contribution >= 0.6 is 0 Å². The van der Waals surface area contributed by atoms with Gasteiger partial charge in [-0.2, -0.15) is 0 Å². The first-order chi connectivity index (χ1) is 10.8. The number of nitrogens with zero attached hydrogens (tertiary/aromatic N) is 1. The molecule has 0 amide bonds. The SMILES string of the molecule is COc1ccc(-c2ccc(=O)n3c2[C@H]2CNC[C@H](C2)C3)cc1. The van der Waals surface area contributed by atoms with Crippen molar-refractivity contribution in [3.8, 4) is 16.9 Å². The molecule has 2 bridgehead atoms. The molecule has 0 spiro atoms. The van der Waals surface area contributed by atoms with Crippen LogP contribution in [0.4, 0.5) is 0 Å². The van der Waals surface area contributed by atoms with Gasteiger partial charge >= 0.3 is 0 Å². The zero-order valence-corrected chi connectivity index (χ0v) is 12.7. The minimum atomic E-state index is 0.129. The lowest BCUT2D eigenvalue weighted by molar-refractivity contribution is 0.258. The second kappa shape index (κ2) is 5.29. The number of hydrogen-bond acceptors (Lipinski definition) is 3. The van der Waals surface area contributed by atoms with Crippen LogP contribution in [0.2, 0.25) is 0 Å². The van der Waals surface area contributed by atoms with Crippen LogP contribution < -0.4 is 15.6 Å². The number of hydrogen-bond donors (Lipinski definition) is 1. The summed E-state index contributed by atoms with van der Waals surface area (Å²) in [5.41, 5.74) is 3.65. The molecule has 2 atom stereocenters. The Balaban J connectivity index is 1.86. The van der Waals surface area contributed by atoms with Crippen LogP contribution in [-0.4, -0.2) is 24.8 Å². The van der Waals surface area contributed by atoms with E-state index in [0.29, 0.717) is 11.8 Å². The fourth-order valence-corrected chi connectivity index (χ4v) is 3.87. The highest BCUT2D eigenvalue weighted by Gasteiger charge is 2.32. The zero-order chi connectivity index (χ0) is 15.1. The van der Waals surface area contributed by atoms with E-state index in [1.807, 2.05) is 22.8 Å². The molecular formula is C18H20N2O2. The van der Waals surface area contributed by atoms with E-state index in [-0.39, 0.29) is 5.56 Å². The maximum Gasteiger partial charge on any atom is 0.250 e. The third-order valence-corrected chi connectivity index (χ3v) is 4.90. The lowest BCUT2D eigenvalue weighted by atomic mass is 9.81. The van der Waals surface area contributed by atoms with E-state index in [9.17, 15) is 4.79 Å². The van der Waals surface area contributed by atoms with Crippen molar-refractivity contribution in [2.75, 3.05) is 20.2 Å². The summed E-state index contributed by atoms with van der Waals surface area (Å²) in [6.45, 7) is 2.82.